The van der Waals surface area contributed by atoms with Crippen LogP contribution in [0.3, 0.4) is 0 Å². The summed E-state index contributed by atoms with van der Waals surface area (Å²) in [6.45, 7) is 10.6. The van der Waals surface area contributed by atoms with E-state index < -0.39 is 22.6 Å². The molecule has 4 aromatic rings. The predicted octanol–water partition coefficient (Wildman–Crippen LogP) is 6.80. The molecule has 4 nitrogen and oxygen atoms in total. The summed E-state index contributed by atoms with van der Waals surface area (Å²) in [7, 11) is -0.398. The summed E-state index contributed by atoms with van der Waals surface area (Å²) >= 11 is -1.83. The van der Waals surface area contributed by atoms with Crippen LogP contribution in [-0.2, 0) is 0 Å². The molecule has 0 bridgehead atoms. The first-order chi connectivity index (χ1) is 20.7. The number of hydrogen-bond donors (Lipinski definition) is 0. The van der Waals surface area contributed by atoms with Gasteiger partial charge in [-0.15, -0.1) is 0 Å². The van der Waals surface area contributed by atoms with E-state index in [1.54, 1.807) is 0 Å². The van der Waals surface area contributed by atoms with E-state index in [0.29, 0.717) is 26.4 Å². The van der Waals surface area contributed by atoms with Gasteiger partial charge in [0.25, 0.3) is 0 Å². The van der Waals surface area contributed by atoms with Crippen molar-refractivity contribution in [2.75, 3.05) is 32.6 Å². The molecule has 0 heterocycles. The average Bonchev–Trinajstić information content (AvgIpc) is 3.02. The molecule has 0 fully saturated rings. The Morgan fingerprint density at radius 3 is 1.40 bits per heavy atom. The van der Waals surface area contributed by atoms with Gasteiger partial charge in [0, 0.05) is 0 Å². The second kappa shape index (κ2) is 17.2. The fourth-order valence-electron chi connectivity index (χ4n) is 5.02. The van der Waals surface area contributed by atoms with Crippen LogP contribution in [0.4, 0.5) is 0 Å². The van der Waals surface area contributed by atoms with Crippen molar-refractivity contribution in [3.63, 3.8) is 0 Å². The average molecular weight is 647 g/mol. The first-order valence-electron chi connectivity index (χ1n) is 15.1. The Bertz CT molecular complexity index is 1250. The van der Waals surface area contributed by atoms with E-state index in [0.717, 1.165) is 34.6 Å². The van der Waals surface area contributed by atoms with Crippen molar-refractivity contribution in [1.29, 1.82) is 0 Å². The normalized spacial score (nSPS) is 11.1. The molecule has 4 rings (SSSR count). The van der Waals surface area contributed by atoms with Crippen molar-refractivity contribution in [3.05, 3.63) is 97.1 Å². The minimum atomic E-state index is -1.83. The third-order valence-electron chi connectivity index (χ3n) is 6.82. The molecule has 222 valence electrons. The van der Waals surface area contributed by atoms with Gasteiger partial charge in [-0.1, -0.05) is 0 Å². The van der Waals surface area contributed by atoms with E-state index in [9.17, 15) is 0 Å². The van der Waals surface area contributed by atoms with Gasteiger partial charge >= 0.3 is 259 Å². The molecule has 0 saturated carbocycles. The molecule has 0 N–H and O–H groups in total. The Morgan fingerprint density at radius 1 is 0.524 bits per heavy atom. The van der Waals surface area contributed by atoms with Gasteiger partial charge in [0.2, 0.25) is 0 Å². The van der Waals surface area contributed by atoms with Gasteiger partial charge in [-0.05, 0) is 0 Å². The van der Waals surface area contributed by atoms with Crippen LogP contribution in [-0.4, -0.2) is 47.2 Å². The first-order valence-corrected chi connectivity index (χ1v) is 19.9. The number of ether oxygens (including phenoxy) is 4. The van der Waals surface area contributed by atoms with Crippen LogP contribution in [0.1, 0.15) is 40.5 Å². The fraction of sp³-hybridized carbons (Fsp3) is 0.333. The summed E-state index contributed by atoms with van der Waals surface area (Å²) in [5.74, 6) is 3.59. The zero-order valence-corrected chi connectivity index (χ0v) is 28.2. The summed E-state index contributed by atoms with van der Waals surface area (Å²) in [5, 5.41) is 4.02. The summed E-state index contributed by atoms with van der Waals surface area (Å²) < 4.78 is 26.8. The Balaban J connectivity index is 1.63. The molecule has 0 unspecified atom stereocenters. The molecule has 0 radical (unpaired) electrons. The van der Waals surface area contributed by atoms with Crippen LogP contribution in [0, 0.1) is 0 Å². The molecule has 6 heteroatoms. The SMILES string of the molecule is CCOc1ccc([As](CCCCP(c2ccccc2)c2ccccc2)c2ccc(OCC)cc2OCC)c(OCC)c1. The third kappa shape index (κ3) is 8.79. The maximum atomic E-state index is 6.24. The van der Waals surface area contributed by atoms with Crippen LogP contribution in [0.2, 0.25) is 5.21 Å². The molecular formula is C36H44AsO4P. The van der Waals surface area contributed by atoms with E-state index in [2.05, 4.69) is 97.1 Å². The van der Waals surface area contributed by atoms with Gasteiger partial charge in [0.15, 0.2) is 0 Å². The van der Waals surface area contributed by atoms with Gasteiger partial charge in [-0.2, -0.15) is 0 Å². The topological polar surface area (TPSA) is 36.9 Å². The molecule has 0 spiro atoms. The van der Waals surface area contributed by atoms with E-state index in [1.807, 2.05) is 27.7 Å². The fourth-order valence-corrected chi connectivity index (χ4v) is 12.9. The Kier molecular flexibility index (Phi) is 13.1. The molecule has 42 heavy (non-hydrogen) atoms. The number of benzene rings is 4. The standard InChI is InChI=1S/C36H44AsO4P/c1-5-38-29-21-23-33(35(27-29)40-7-3)37(34-24-22-30(39-6-2)28-36(34)41-8-4)25-15-16-26-42(31-17-11-9-12-18-31)32-19-13-10-14-20-32/h9-14,17-24,27-28H,5-8,15-16,25-26H2,1-4H3. The summed E-state index contributed by atoms with van der Waals surface area (Å²) in [6, 6.07) is 34.9. The number of unbranched alkanes of at least 4 members (excludes halogenated alkanes) is 1. The maximum absolute atomic E-state index is 6.24. The van der Waals surface area contributed by atoms with Gasteiger partial charge in [-0.3, -0.25) is 0 Å². The first kappa shape index (κ1) is 32.0. The van der Waals surface area contributed by atoms with Crippen molar-refractivity contribution < 1.29 is 18.9 Å². The number of rotatable bonds is 17. The van der Waals surface area contributed by atoms with Gasteiger partial charge in [0.05, 0.1) is 0 Å². The van der Waals surface area contributed by atoms with Crippen molar-refractivity contribution >= 4 is 41.9 Å². The Hall–Kier alpha value is -2.93. The molecule has 0 aromatic heterocycles. The minimum absolute atomic E-state index is 0.398. The van der Waals surface area contributed by atoms with E-state index in [4.69, 9.17) is 18.9 Å². The molecule has 4 aromatic carbocycles. The molecule has 0 saturated heterocycles. The van der Waals surface area contributed by atoms with E-state index in [1.165, 1.54) is 31.9 Å². The molecule has 0 atom stereocenters. The second-order valence-corrected chi connectivity index (χ2v) is 16.8. The summed E-state index contributed by atoms with van der Waals surface area (Å²) in [4.78, 5) is 0. The van der Waals surface area contributed by atoms with Crippen LogP contribution >= 0.6 is 7.92 Å². The zero-order chi connectivity index (χ0) is 29.6. The zero-order valence-electron chi connectivity index (χ0n) is 25.4. The predicted molar refractivity (Wildman–Crippen MR) is 181 cm³/mol. The van der Waals surface area contributed by atoms with Gasteiger partial charge < -0.3 is 0 Å². The van der Waals surface area contributed by atoms with Crippen LogP contribution in [0.15, 0.2) is 97.1 Å². The molecule has 0 amide bonds. The Labute approximate surface area is 258 Å². The van der Waals surface area contributed by atoms with Crippen molar-refractivity contribution in [2.24, 2.45) is 0 Å². The van der Waals surface area contributed by atoms with Crippen molar-refractivity contribution in [3.8, 4) is 23.0 Å². The number of hydrogen-bond acceptors (Lipinski definition) is 4. The van der Waals surface area contributed by atoms with Gasteiger partial charge in [-0.25, -0.2) is 0 Å². The molecule has 0 aliphatic carbocycles. The molecule has 0 aliphatic heterocycles. The summed E-state index contributed by atoms with van der Waals surface area (Å²) in [6.07, 6.45) is 3.49. The van der Waals surface area contributed by atoms with Crippen molar-refractivity contribution in [1.82, 2.24) is 0 Å². The second-order valence-electron chi connectivity index (χ2n) is 9.67. The molecule has 0 aliphatic rings. The van der Waals surface area contributed by atoms with Gasteiger partial charge in [0.1, 0.15) is 0 Å². The van der Waals surface area contributed by atoms with Crippen LogP contribution in [0.25, 0.3) is 0 Å². The monoisotopic (exact) mass is 646 g/mol. The quantitative estimate of drug-likeness (QED) is 0.0719. The van der Waals surface area contributed by atoms with Crippen LogP contribution in [0.5, 0.6) is 23.0 Å². The van der Waals surface area contributed by atoms with E-state index >= 15 is 0 Å². The van der Waals surface area contributed by atoms with Crippen LogP contribution < -0.4 is 38.3 Å². The molecular weight excluding hydrogens is 602 g/mol. The van der Waals surface area contributed by atoms with E-state index in [-0.39, 0.29) is 0 Å². The van der Waals surface area contributed by atoms with Crippen molar-refractivity contribution in [2.45, 2.75) is 45.7 Å². The third-order valence-corrected chi connectivity index (χ3v) is 15.0. The summed E-state index contributed by atoms with van der Waals surface area (Å²) in [5.41, 5.74) is 0. The Morgan fingerprint density at radius 2 is 0.976 bits per heavy atom.